The Bertz CT molecular complexity index is 1670. The molecule has 41 heavy (non-hydrogen) atoms. The highest BCUT2D eigenvalue weighted by Crippen LogP contribution is 2.44. The first kappa shape index (κ1) is 27.6. The van der Waals surface area contributed by atoms with E-state index in [1.807, 2.05) is 42.5 Å². The Kier molecular flexibility index (Phi) is 8.09. The second kappa shape index (κ2) is 12.0. The molecule has 1 heterocycles. The molecule has 1 aliphatic rings. The van der Waals surface area contributed by atoms with E-state index in [1.54, 1.807) is 18.2 Å². The number of rotatable bonds is 8. The van der Waals surface area contributed by atoms with Gasteiger partial charge in [-0.3, -0.25) is 0 Å². The van der Waals surface area contributed by atoms with Crippen molar-refractivity contribution in [3.63, 3.8) is 0 Å². The molecule has 1 aliphatic heterocycles. The molecule has 2 N–H and O–H groups in total. The molecule has 7 nitrogen and oxygen atoms in total. The smallest absolute Gasteiger partial charge is 0.352 e. The number of nitriles is 1. The molecule has 4 aromatic carbocycles. The van der Waals surface area contributed by atoms with E-state index in [0.29, 0.717) is 27.8 Å². The number of hydrogen-bond acceptors (Lipinski definition) is 7. The predicted octanol–water partition coefficient (Wildman–Crippen LogP) is 6.65. The molecule has 0 aromatic heterocycles. The van der Waals surface area contributed by atoms with Crippen LogP contribution in [0.15, 0.2) is 102 Å². The third kappa shape index (κ3) is 6.26. The number of nitrogens with zero attached hydrogens (tertiary/aromatic N) is 1. The van der Waals surface area contributed by atoms with Gasteiger partial charge in [-0.1, -0.05) is 48.0 Å². The van der Waals surface area contributed by atoms with Crippen LogP contribution in [0, 0.1) is 17.1 Å². The first-order chi connectivity index (χ1) is 19.8. The lowest BCUT2D eigenvalue weighted by Crippen LogP contribution is -2.28. The maximum Gasteiger partial charge on any atom is 0.352 e. The zero-order valence-electron chi connectivity index (χ0n) is 21.8. The van der Waals surface area contributed by atoms with Crippen molar-refractivity contribution in [2.45, 2.75) is 25.6 Å². The maximum absolute atomic E-state index is 13.2. The van der Waals surface area contributed by atoms with Gasteiger partial charge in [0.2, 0.25) is 5.88 Å². The van der Waals surface area contributed by atoms with Crippen molar-refractivity contribution in [3.8, 4) is 29.1 Å². The number of allylic oxidation sites excluding steroid dienone is 1. The van der Waals surface area contributed by atoms with Crippen molar-refractivity contribution in [1.82, 2.24) is 0 Å². The van der Waals surface area contributed by atoms with Crippen LogP contribution in [0.5, 0.6) is 23.0 Å². The van der Waals surface area contributed by atoms with Crippen molar-refractivity contribution < 1.29 is 28.1 Å². The first-order valence-electron chi connectivity index (χ1n) is 12.6. The Labute approximate surface area is 241 Å². The number of carbonyl (C=O) groups is 1. The number of nitrogens with two attached hydrogens (primary N) is 1. The SMILES string of the molecule is CC(Oc1ccc(F)cc1)C(=O)Oc1ccc2c(c1)OC(N)=C(C#N)C2c1cccc(OCc2ccccc2Cl)c1. The molecule has 0 saturated carbocycles. The summed E-state index contributed by atoms with van der Waals surface area (Å²) in [4.78, 5) is 12.7. The van der Waals surface area contributed by atoms with Gasteiger partial charge >= 0.3 is 5.97 Å². The van der Waals surface area contributed by atoms with Gasteiger partial charge in [0.05, 0.1) is 5.92 Å². The fourth-order valence-corrected chi connectivity index (χ4v) is 4.56. The molecule has 5 rings (SSSR count). The second-order valence-corrected chi connectivity index (χ2v) is 9.62. The van der Waals surface area contributed by atoms with Gasteiger partial charge in [-0.05, 0) is 61.0 Å². The van der Waals surface area contributed by atoms with Crippen LogP contribution < -0.4 is 24.7 Å². The number of carbonyl (C=O) groups excluding carboxylic acids is 1. The van der Waals surface area contributed by atoms with Gasteiger partial charge in [0.15, 0.2) is 6.10 Å². The minimum atomic E-state index is -0.964. The van der Waals surface area contributed by atoms with Crippen LogP contribution in [-0.4, -0.2) is 12.1 Å². The normalized spacial score (nSPS) is 14.7. The van der Waals surface area contributed by atoms with E-state index in [9.17, 15) is 14.4 Å². The number of fused-ring (bicyclic) bond motifs is 1. The van der Waals surface area contributed by atoms with E-state index in [2.05, 4.69) is 6.07 Å². The minimum absolute atomic E-state index is 0.0520. The van der Waals surface area contributed by atoms with Crippen LogP contribution in [0.4, 0.5) is 4.39 Å². The molecule has 0 spiro atoms. The monoisotopic (exact) mass is 570 g/mol. The largest absolute Gasteiger partial charge is 0.489 e. The molecule has 0 amide bonds. The van der Waals surface area contributed by atoms with Crippen molar-refractivity contribution in [3.05, 3.63) is 130 Å². The van der Waals surface area contributed by atoms with Crippen LogP contribution in [0.25, 0.3) is 0 Å². The van der Waals surface area contributed by atoms with Gasteiger partial charge in [-0.25, -0.2) is 9.18 Å². The van der Waals surface area contributed by atoms with E-state index >= 15 is 0 Å². The molecule has 206 valence electrons. The molecule has 0 saturated heterocycles. The fourth-order valence-electron chi connectivity index (χ4n) is 4.37. The van der Waals surface area contributed by atoms with E-state index < -0.39 is 23.8 Å². The van der Waals surface area contributed by atoms with E-state index in [-0.39, 0.29) is 23.8 Å². The Morgan fingerprint density at radius 3 is 2.54 bits per heavy atom. The lowest BCUT2D eigenvalue weighted by molar-refractivity contribution is -0.141. The molecule has 2 unspecified atom stereocenters. The summed E-state index contributed by atoms with van der Waals surface area (Å²) in [5, 5.41) is 10.5. The molecule has 4 aromatic rings. The summed E-state index contributed by atoms with van der Waals surface area (Å²) in [6.07, 6.45) is -0.964. The van der Waals surface area contributed by atoms with Crippen LogP contribution in [0.2, 0.25) is 5.02 Å². The minimum Gasteiger partial charge on any atom is -0.489 e. The number of benzene rings is 4. The number of hydrogen-bond donors (Lipinski definition) is 1. The lowest BCUT2D eigenvalue weighted by Gasteiger charge is -2.27. The summed E-state index contributed by atoms with van der Waals surface area (Å²) in [7, 11) is 0. The summed E-state index contributed by atoms with van der Waals surface area (Å²) >= 11 is 6.26. The van der Waals surface area contributed by atoms with Gasteiger partial charge in [-0.15, -0.1) is 0 Å². The predicted molar refractivity (Wildman–Crippen MR) is 150 cm³/mol. The molecule has 0 aliphatic carbocycles. The zero-order valence-corrected chi connectivity index (χ0v) is 22.6. The van der Waals surface area contributed by atoms with Gasteiger partial charge in [0.1, 0.15) is 47.1 Å². The molecule has 9 heteroatoms. The number of halogens is 2. The maximum atomic E-state index is 13.2. The highest BCUT2D eigenvalue weighted by atomic mass is 35.5. The quantitative estimate of drug-likeness (QED) is 0.187. The van der Waals surface area contributed by atoms with Crippen LogP contribution >= 0.6 is 11.6 Å². The third-order valence-corrected chi connectivity index (χ3v) is 6.78. The standard InChI is InChI=1S/C32H24ClFN2O5/c1-19(39-23-11-9-22(34)10-12-23)32(37)40-25-13-14-26-29(16-25)41-31(36)27(17-35)30(26)20-6-4-7-24(15-20)38-18-21-5-2-3-8-28(21)33/h2-16,19,30H,18,36H2,1H3. The topological polar surface area (TPSA) is 104 Å². The van der Waals surface area contributed by atoms with Crippen LogP contribution in [0.1, 0.15) is 29.5 Å². The molecular formula is C32H24ClFN2O5. The Balaban J connectivity index is 1.36. The van der Waals surface area contributed by atoms with Gasteiger partial charge in [-0.2, -0.15) is 5.26 Å². The van der Waals surface area contributed by atoms with E-state index in [1.165, 1.54) is 37.3 Å². The Morgan fingerprint density at radius 1 is 1.02 bits per heavy atom. The summed E-state index contributed by atoms with van der Waals surface area (Å²) in [5.74, 6) is -0.213. The molecular weight excluding hydrogens is 547 g/mol. The second-order valence-electron chi connectivity index (χ2n) is 9.21. The highest BCUT2D eigenvalue weighted by molar-refractivity contribution is 6.31. The molecule has 2 atom stereocenters. The van der Waals surface area contributed by atoms with Crippen LogP contribution in [-0.2, 0) is 11.4 Å². The number of esters is 1. The van der Waals surface area contributed by atoms with E-state index in [4.69, 9.17) is 36.3 Å². The average Bonchev–Trinajstić information content (AvgIpc) is 2.97. The Morgan fingerprint density at radius 2 is 1.78 bits per heavy atom. The summed E-state index contributed by atoms with van der Waals surface area (Å²) < 4.78 is 35.9. The summed E-state index contributed by atoms with van der Waals surface area (Å²) in [5.41, 5.74) is 8.66. The van der Waals surface area contributed by atoms with Crippen LogP contribution in [0.3, 0.4) is 0 Å². The van der Waals surface area contributed by atoms with Gasteiger partial charge < -0.3 is 24.7 Å². The van der Waals surface area contributed by atoms with E-state index in [0.717, 1.165) is 11.1 Å². The molecule has 0 bridgehead atoms. The molecule has 0 fully saturated rings. The molecule has 0 radical (unpaired) electrons. The average molecular weight is 571 g/mol. The van der Waals surface area contributed by atoms with Gasteiger partial charge in [0, 0.05) is 22.2 Å². The highest BCUT2D eigenvalue weighted by Gasteiger charge is 2.31. The summed E-state index contributed by atoms with van der Waals surface area (Å²) in [6, 6.07) is 27.1. The first-order valence-corrected chi connectivity index (χ1v) is 13.0. The van der Waals surface area contributed by atoms with Gasteiger partial charge in [0.25, 0.3) is 0 Å². The fraction of sp³-hybridized carbons (Fsp3) is 0.125. The van der Waals surface area contributed by atoms with Crippen molar-refractivity contribution in [1.29, 1.82) is 5.26 Å². The lowest BCUT2D eigenvalue weighted by atomic mass is 9.83. The van der Waals surface area contributed by atoms with Crippen molar-refractivity contribution >= 4 is 17.6 Å². The summed E-state index contributed by atoms with van der Waals surface area (Å²) in [6.45, 7) is 1.80. The number of ether oxygens (including phenoxy) is 4. The van der Waals surface area contributed by atoms with Crippen molar-refractivity contribution in [2.24, 2.45) is 5.73 Å². The Hall–Kier alpha value is -5.00. The zero-order chi connectivity index (χ0) is 28.9. The third-order valence-electron chi connectivity index (χ3n) is 6.41. The van der Waals surface area contributed by atoms with Crippen molar-refractivity contribution in [2.75, 3.05) is 0 Å².